The zero-order chi connectivity index (χ0) is 18.1. The van der Waals surface area contributed by atoms with Crippen LogP contribution < -0.4 is 5.73 Å². The molecule has 6 heteroatoms. The first-order valence-corrected chi connectivity index (χ1v) is 9.17. The third-order valence-corrected chi connectivity index (χ3v) is 5.24. The predicted molar refractivity (Wildman–Crippen MR) is 99.7 cm³/mol. The third kappa shape index (κ3) is 3.24. The normalized spacial score (nSPS) is 16.9. The minimum atomic E-state index is -0.392. The number of aromatic nitrogens is 2. The fraction of sp³-hybridized carbons (Fsp3) is 0.400. The number of hydrogen-bond acceptors (Lipinski definition) is 4. The van der Waals surface area contributed by atoms with E-state index in [1.165, 1.54) is 6.26 Å². The van der Waals surface area contributed by atoms with Gasteiger partial charge in [0.15, 0.2) is 5.69 Å². The van der Waals surface area contributed by atoms with Crippen LogP contribution in [0.25, 0.3) is 10.9 Å². The lowest BCUT2D eigenvalue weighted by Crippen LogP contribution is -2.38. The Hall–Kier alpha value is -2.60. The summed E-state index contributed by atoms with van der Waals surface area (Å²) in [5.74, 6) is 1.02. The molecule has 2 aromatic heterocycles. The lowest BCUT2D eigenvalue weighted by molar-refractivity contribution is 0.0691. The molecule has 1 saturated heterocycles. The van der Waals surface area contributed by atoms with E-state index in [0.717, 1.165) is 42.4 Å². The fourth-order valence-corrected chi connectivity index (χ4v) is 3.55. The Balaban J connectivity index is 1.46. The van der Waals surface area contributed by atoms with Crippen molar-refractivity contribution in [3.05, 3.63) is 53.9 Å². The van der Waals surface area contributed by atoms with E-state index in [2.05, 4.69) is 23.0 Å². The molecule has 3 aromatic rings. The summed E-state index contributed by atoms with van der Waals surface area (Å²) in [6.07, 6.45) is 6.08. The van der Waals surface area contributed by atoms with Gasteiger partial charge >= 0.3 is 0 Å². The van der Waals surface area contributed by atoms with Crippen molar-refractivity contribution >= 4 is 16.8 Å². The van der Waals surface area contributed by atoms with E-state index < -0.39 is 6.04 Å². The van der Waals surface area contributed by atoms with Crippen LogP contribution in [-0.4, -0.2) is 33.9 Å². The van der Waals surface area contributed by atoms with Crippen LogP contribution in [0.2, 0.25) is 0 Å². The minimum absolute atomic E-state index is 0.0637. The van der Waals surface area contributed by atoms with Crippen LogP contribution in [0.5, 0.6) is 0 Å². The summed E-state index contributed by atoms with van der Waals surface area (Å²) in [6.45, 7) is 3.78. The maximum Gasteiger partial charge on any atom is 0.275 e. The molecule has 4 rings (SSSR count). The van der Waals surface area contributed by atoms with Gasteiger partial charge in [-0.2, -0.15) is 0 Å². The third-order valence-electron chi connectivity index (χ3n) is 5.24. The summed E-state index contributed by atoms with van der Waals surface area (Å²) in [5, 5.41) is 1.15. The highest BCUT2D eigenvalue weighted by Crippen LogP contribution is 2.24. The first-order chi connectivity index (χ1) is 12.6. The van der Waals surface area contributed by atoms with Crippen LogP contribution >= 0.6 is 0 Å². The Morgan fingerprint density at radius 2 is 2.15 bits per heavy atom. The van der Waals surface area contributed by atoms with E-state index in [-0.39, 0.29) is 5.91 Å². The van der Waals surface area contributed by atoms with E-state index in [0.29, 0.717) is 23.9 Å². The molecule has 6 nitrogen and oxygen atoms in total. The summed E-state index contributed by atoms with van der Waals surface area (Å²) >= 11 is 0. The molecule has 1 unspecified atom stereocenters. The quantitative estimate of drug-likeness (QED) is 0.754. The number of carbonyl (C=O) groups excluding carboxylic acids is 1. The molecule has 3 heterocycles. The van der Waals surface area contributed by atoms with Gasteiger partial charge in [0.25, 0.3) is 5.91 Å². The second-order valence-electron chi connectivity index (χ2n) is 7.22. The molecule has 0 aliphatic carbocycles. The second-order valence-corrected chi connectivity index (χ2v) is 7.22. The van der Waals surface area contributed by atoms with Gasteiger partial charge in [-0.25, -0.2) is 4.98 Å². The zero-order valence-electron chi connectivity index (χ0n) is 14.9. The van der Waals surface area contributed by atoms with Crippen molar-refractivity contribution in [2.45, 2.75) is 32.2 Å². The van der Waals surface area contributed by atoms with Crippen LogP contribution in [0.1, 0.15) is 47.7 Å². The summed E-state index contributed by atoms with van der Waals surface area (Å²) < 4.78 is 5.53. The number of benzene rings is 1. The Kier molecular flexibility index (Phi) is 4.51. The number of piperidine rings is 1. The lowest BCUT2D eigenvalue weighted by atomic mass is 9.99. The summed E-state index contributed by atoms with van der Waals surface area (Å²) in [4.78, 5) is 22.1. The van der Waals surface area contributed by atoms with E-state index in [9.17, 15) is 4.79 Å². The molecule has 1 fully saturated rings. The lowest BCUT2D eigenvalue weighted by Gasteiger charge is -2.29. The molecule has 1 atom stereocenters. The molecule has 1 aliphatic rings. The van der Waals surface area contributed by atoms with E-state index in [1.807, 2.05) is 29.3 Å². The van der Waals surface area contributed by atoms with Crippen molar-refractivity contribution < 1.29 is 9.21 Å². The van der Waals surface area contributed by atoms with Crippen molar-refractivity contribution in [1.29, 1.82) is 0 Å². The van der Waals surface area contributed by atoms with Crippen molar-refractivity contribution in [2.24, 2.45) is 11.7 Å². The zero-order valence-corrected chi connectivity index (χ0v) is 14.9. The minimum Gasteiger partial charge on any atom is -0.446 e. The second kappa shape index (κ2) is 6.96. The van der Waals surface area contributed by atoms with Gasteiger partial charge in [-0.1, -0.05) is 25.1 Å². The fourth-order valence-electron chi connectivity index (χ4n) is 3.55. The first-order valence-electron chi connectivity index (χ1n) is 9.17. The number of likely N-dealkylation sites (tertiary alicyclic amines) is 1. The van der Waals surface area contributed by atoms with Crippen molar-refractivity contribution in [3.8, 4) is 0 Å². The summed E-state index contributed by atoms with van der Waals surface area (Å²) in [6, 6.07) is 7.71. The van der Waals surface area contributed by atoms with E-state index in [4.69, 9.17) is 10.2 Å². The Morgan fingerprint density at radius 1 is 1.38 bits per heavy atom. The molecule has 1 amide bonds. The van der Waals surface area contributed by atoms with Gasteiger partial charge in [0.2, 0.25) is 5.89 Å². The number of H-pyrrole nitrogens is 1. The molecule has 0 bridgehead atoms. The molecule has 0 saturated carbocycles. The number of oxazole rings is 1. The molecule has 1 aliphatic heterocycles. The number of nitrogens with two attached hydrogens (primary N) is 1. The van der Waals surface area contributed by atoms with E-state index in [1.54, 1.807) is 0 Å². The molecule has 136 valence electrons. The number of carbonyl (C=O) groups is 1. The van der Waals surface area contributed by atoms with Crippen LogP contribution in [-0.2, 0) is 6.42 Å². The number of para-hydroxylation sites is 1. The van der Waals surface area contributed by atoms with E-state index >= 15 is 0 Å². The molecule has 1 aromatic carbocycles. The van der Waals surface area contributed by atoms with Gasteiger partial charge in [0, 0.05) is 30.2 Å². The maximum atomic E-state index is 12.6. The largest absolute Gasteiger partial charge is 0.446 e. The number of rotatable bonds is 4. The van der Waals surface area contributed by atoms with Crippen LogP contribution in [0.4, 0.5) is 0 Å². The Bertz CT molecular complexity index is 905. The molecule has 0 radical (unpaired) electrons. The Labute approximate surface area is 152 Å². The number of hydrogen-bond donors (Lipinski definition) is 2. The SMILES string of the molecule is CC1CCN(C(=O)c2coc(C(N)Cc3c[nH]c4ccccc34)n2)CC1. The number of amides is 1. The monoisotopic (exact) mass is 352 g/mol. The summed E-state index contributed by atoms with van der Waals surface area (Å²) in [5.41, 5.74) is 8.84. The van der Waals surface area contributed by atoms with Crippen LogP contribution in [0, 0.1) is 5.92 Å². The van der Waals surface area contributed by atoms with Crippen molar-refractivity contribution in [2.75, 3.05) is 13.1 Å². The molecule has 3 N–H and O–H groups in total. The number of fused-ring (bicyclic) bond motifs is 1. The number of nitrogens with one attached hydrogen (secondary N) is 1. The molecule has 0 spiro atoms. The van der Waals surface area contributed by atoms with Crippen molar-refractivity contribution in [1.82, 2.24) is 14.9 Å². The predicted octanol–water partition coefficient (Wildman–Crippen LogP) is 3.27. The average molecular weight is 352 g/mol. The highest BCUT2D eigenvalue weighted by atomic mass is 16.3. The topological polar surface area (TPSA) is 88.1 Å². The van der Waals surface area contributed by atoms with Gasteiger partial charge in [0.1, 0.15) is 6.26 Å². The molecular formula is C20H24N4O2. The molecular weight excluding hydrogens is 328 g/mol. The first kappa shape index (κ1) is 16.8. The van der Waals surface area contributed by atoms with Gasteiger partial charge in [0.05, 0.1) is 6.04 Å². The van der Waals surface area contributed by atoms with Crippen molar-refractivity contribution in [3.63, 3.8) is 0 Å². The average Bonchev–Trinajstić information content (AvgIpc) is 3.30. The summed E-state index contributed by atoms with van der Waals surface area (Å²) in [7, 11) is 0. The van der Waals surface area contributed by atoms with Gasteiger partial charge in [-0.15, -0.1) is 0 Å². The maximum absolute atomic E-state index is 12.6. The molecule has 26 heavy (non-hydrogen) atoms. The van der Waals surface area contributed by atoms with Gasteiger partial charge in [-0.05, 0) is 36.8 Å². The Morgan fingerprint density at radius 3 is 2.96 bits per heavy atom. The highest BCUT2D eigenvalue weighted by Gasteiger charge is 2.25. The van der Waals surface area contributed by atoms with Gasteiger partial charge in [-0.3, -0.25) is 4.79 Å². The van der Waals surface area contributed by atoms with Crippen LogP contribution in [0.15, 0.2) is 41.1 Å². The smallest absolute Gasteiger partial charge is 0.275 e. The van der Waals surface area contributed by atoms with Gasteiger partial charge < -0.3 is 20.0 Å². The van der Waals surface area contributed by atoms with Crippen LogP contribution in [0.3, 0.4) is 0 Å². The number of nitrogens with zero attached hydrogens (tertiary/aromatic N) is 2. The standard InChI is InChI=1S/C20H24N4O2/c1-13-6-8-24(9-7-13)20(25)18-12-26-19(23-18)16(21)10-14-11-22-17-5-3-2-4-15(14)17/h2-5,11-13,16,22H,6-10,21H2,1H3. The highest BCUT2D eigenvalue weighted by molar-refractivity contribution is 5.92. The number of aromatic amines is 1.